The van der Waals surface area contributed by atoms with Gasteiger partial charge in [0.15, 0.2) is 16.4 Å². The van der Waals surface area contributed by atoms with Gasteiger partial charge in [0.2, 0.25) is 0 Å². The number of amides is 1. The standard InChI is InChI=1S/C25H26ClN5O6S/c1-15-17(3)30(12-19-5-4-9-36-19)25(21(15)11-27)28-22(32)13-37-23(33)7-6-20-16(2)29-31(24(20)26)18-8-10-38(34,35)14-18/h4-7,9,18H,8,10,12-14H2,1-3H3,(H,28,32)/b7-6+/t18-/m1/s1. The Morgan fingerprint density at radius 1 is 1.37 bits per heavy atom. The lowest BCUT2D eigenvalue weighted by Crippen LogP contribution is -2.22. The van der Waals surface area contributed by atoms with Crippen LogP contribution in [0.15, 0.2) is 28.9 Å². The molecule has 38 heavy (non-hydrogen) atoms. The van der Waals surface area contributed by atoms with E-state index in [0.717, 1.165) is 17.3 Å². The van der Waals surface area contributed by atoms with E-state index in [0.29, 0.717) is 41.4 Å². The lowest BCUT2D eigenvalue weighted by Gasteiger charge is -2.12. The van der Waals surface area contributed by atoms with Crippen molar-refractivity contribution in [1.82, 2.24) is 14.3 Å². The maximum atomic E-state index is 12.6. The first-order valence-electron chi connectivity index (χ1n) is 11.7. The van der Waals surface area contributed by atoms with Gasteiger partial charge in [-0.2, -0.15) is 10.4 Å². The molecule has 1 N–H and O–H groups in total. The number of aromatic nitrogens is 3. The minimum atomic E-state index is -3.12. The van der Waals surface area contributed by atoms with Crippen LogP contribution in [0.1, 0.15) is 46.3 Å². The number of nitriles is 1. The Morgan fingerprint density at radius 2 is 2.13 bits per heavy atom. The number of carbonyl (C=O) groups excluding carboxylic acids is 2. The molecule has 1 atom stereocenters. The molecule has 0 radical (unpaired) electrons. The molecule has 13 heteroatoms. The third-order valence-electron chi connectivity index (χ3n) is 6.45. The minimum Gasteiger partial charge on any atom is -0.467 e. The molecule has 1 aliphatic heterocycles. The number of hydrogen-bond acceptors (Lipinski definition) is 8. The van der Waals surface area contributed by atoms with Gasteiger partial charge >= 0.3 is 5.97 Å². The zero-order valence-electron chi connectivity index (χ0n) is 21.0. The third kappa shape index (κ3) is 5.69. The highest BCUT2D eigenvalue weighted by atomic mass is 35.5. The van der Waals surface area contributed by atoms with Crippen molar-refractivity contribution < 1.29 is 27.2 Å². The highest BCUT2D eigenvalue weighted by molar-refractivity contribution is 7.91. The first-order chi connectivity index (χ1) is 18.0. The van der Waals surface area contributed by atoms with E-state index >= 15 is 0 Å². The number of rotatable bonds is 8. The van der Waals surface area contributed by atoms with E-state index in [4.69, 9.17) is 20.8 Å². The predicted molar refractivity (Wildman–Crippen MR) is 139 cm³/mol. The normalized spacial score (nSPS) is 16.6. The number of aryl methyl sites for hydroxylation is 1. The van der Waals surface area contributed by atoms with Gasteiger partial charge in [-0.05, 0) is 51.0 Å². The first-order valence-corrected chi connectivity index (χ1v) is 13.9. The molecule has 1 fully saturated rings. The molecule has 0 bridgehead atoms. The number of ether oxygens (including phenoxy) is 1. The molecule has 11 nitrogen and oxygen atoms in total. The summed E-state index contributed by atoms with van der Waals surface area (Å²) in [7, 11) is -3.12. The fraction of sp³-hybridized carbons (Fsp3) is 0.360. The van der Waals surface area contributed by atoms with Crippen LogP contribution in [-0.4, -0.2) is 52.8 Å². The summed E-state index contributed by atoms with van der Waals surface area (Å²) in [4.78, 5) is 24.9. The summed E-state index contributed by atoms with van der Waals surface area (Å²) in [6.45, 7) is 5.04. The van der Waals surface area contributed by atoms with Crippen LogP contribution in [-0.2, 0) is 30.7 Å². The second-order valence-corrected chi connectivity index (χ2v) is 11.6. The van der Waals surface area contributed by atoms with Crippen molar-refractivity contribution >= 4 is 45.2 Å². The van der Waals surface area contributed by atoms with Crippen LogP contribution in [0, 0.1) is 32.1 Å². The molecular formula is C25H26ClN5O6S. The first kappa shape index (κ1) is 27.2. The predicted octanol–water partition coefficient (Wildman–Crippen LogP) is 3.33. The summed E-state index contributed by atoms with van der Waals surface area (Å²) in [5.41, 5.74) is 2.80. The third-order valence-corrected chi connectivity index (χ3v) is 8.58. The summed E-state index contributed by atoms with van der Waals surface area (Å²) in [5, 5.41) is 16.9. The van der Waals surface area contributed by atoms with E-state index < -0.39 is 28.3 Å². The molecule has 1 amide bonds. The molecule has 0 aliphatic carbocycles. The van der Waals surface area contributed by atoms with E-state index in [2.05, 4.69) is 16.5 Å². The molecular weight excluding hydrogens is 534 g/mol. The van der Waals surface area contributed by atoms with Crippen LogP contribution in [0.3, 0.4) is 0 Å². The number of furan rings is 1. The second kappa shape index (κ2) is 10.9. The highest BCUT2D eigenvalue weighted by Crippen LogP contribution is 2.31. The number of esters is 1. The largest absolute Gasteiger partial charge is 0.467 e. The summed E-state index contributed by atoms with van der Waals surface area (Å²) in [5.74, 6) is -0.428. The Bertz CT molecular complexity index is 1560. The monoisotopic (exact) mass is 559 g/mol. The van der Waals surface area contributed by atoms with E-state index in [1.807, 2.05) is 6.92 Å². The van der Waals surface area contributed by atoms with Crippen LogP contribution in [0.4, 0.5) is 5.82 Å². The Labute approximate surface area is 224 Å². The number of anilines is 1. The van der Waals surface area contributed by atoms with Crippen molar-refractivity contribution in [3.8, 4) is 6.07 Å². The molecule has 3 aromatic heterocycles. The Kier molecular flexibility index (Phi) is 7.80. The van der Waals surface area contributed by atoms with Gasteiger partial charge < -0.3 is 19.0 Å². The Morgan fingerprint density at radius 3 is 2.76 bits per heavy atom. The smallest absolute Gasteiger partial charge is 0.331 e. The van der Waals surface area contributed by atoms with Crippen molar-refractivity contribution in [3.05, 3.63) is 63.5 Å². The Hall–Kier alpha value is -3.82. The van der Waals surface area contributed by atoms with Crippen LogP contribution < -0.4 is 5.32 Å². The summed E-state index contributed by atoms with van der Waals surface area (Å²) < 4.78 is 37.3. The topological polar surface area (TPSA) is 149 Å². The van der Waals surface area contributed by atoms with E-state index in [-0.39, 0.29) is 22.7 Å². The maximum absolute atomic E-state index is 12.6. The quantitative estimate of drug-likeness (QED) is 0.326. The molecule has 0 unspecified atom stereocenters. The van der Waals surface area contributed by atoms with Crippen LogP contribution >= 0.6 is 11.6 Å². The number of hydrogen-bond donors (Lipinski definition) is 1. The van der Waals surface area contributed by atoms with E-state index in [9.17, 15) is 23.3 Å². The van der Waals surface area contributed by atoms with Crippen molar-refractivity contribution in [2.45, 2.75) is 39.8 Å². The van der Waals surface area contributed by atoms with Crippen molar-refractivity contribution in [3.63, 3.8) is 0 Å². The van der Waals surface area contributed by atoms with E-state index in [1.54, 1.807) is 30.5 Å². The van der Waals surface area contributed by atoms with Crippen molar-refractivity contribution in [2.24, 2.45) is 0 Å². The summed E-state index contributed by atoms with van der Waals surface area (Å²) >= 11 is 6.42. The molecule has 200 valence electrons. The van der Waals surface area contributed by atoms with Gasteiger partial charge in [0.05, 0.1) is 41.6 Å². The molecule has 1 saturated heterocycles. The van der Waals surface area contributed by atoms with Gasteiger partial charge in [-0.3, -0.25) is 4.79 Å². The lowest BCUT2D eigenvalue weighted by molar-refractivity contribution is -0.142. The van der Waals surface area contributed by atoms with Gasteiger partial charge in [0, 0.05) is 17.3 Å². The van der Waals surface area contributed by atoms with Gasteiger partial charge in [-0.15, -0.1) is 0 Å². The van der Waals surface area contributed by atoms with Crippen molar-refractivity contribution in [1.29, 1.82) is 5.26 Å². The summed E-state index contributed by atoms with van der Waals surface area (Å²) in [6.07, 6.45) is 4.49. The zero-order valence-corrected chi connectivity index (χ0v) is 22.6. The number of nitrogens with one attached hydrogen (secondary N) is 1. The van der Waals surface area contributed by atoms with Gasteiger partial charge in [0.25, 0.3) is 5.91 Å². The number of halogens is 1. The van der Waals surface area contributed by atoms with Crippen LogP contribution in [0.25, 0.3) is 6.08 Å². The summed E-state index contributed by atoms with van der Waals surface area (Å²) in [6, 6.07) is 5.28. The van der Waals surface area contributed by atoms with Crippen molar-refractivity contribution in [2.75, 3.05) is 23.4 Å². The fourth-order valence-electron chi connectivity index (χ4n) is 4.32. The van der Waals surface area contributed by atoms with Crippen LogP contribution in [0.2, 0.25) is 5.15 Å². The zero-order chi connectivity index (χ0) is 27.6. The number of carbonyl (C=O) groups is 2. The van der Waals surface area contributed by atoms with Gasteiger partial charge in [-0.1, -0.05) is 11.6 Å². The maximum Gasteiger partial charge on any atom is 0.331 e. The van der Waals surface area contributed by atoms with Gasteiger partial charge in [0.1, 0.15) is 22.8 Å². The second-order valence-electron chi connectivity index (χ2n) is 8.99. The highest BCUT2D eigenvalue weighted by Gasteiger charge is 2.31. The number of sulfone groups is 1. The molecule has 1 aliphatic rings. The minimum absolute atomic E-state index is 0.0361. The number of nitrogens with zero attached hydrogens (tertiary/aromatic N) is 4. The van der Waals surface area contributed by atoms with Gasteiger partial charge in [-0.25, -0.2) is 17.9 Å². The molecule has 0 saturated carbocycles. The molecule has 4 heterocycles. The average molecular weight is 560 g/mol. The fourth-order valence-corrected chi connectivity index (χ4v) is 6.39. The molecule has 3 aromatic rings. The lowest BCUT2D eigenvalue weighted by atomic mass is 10.2. The molecule has 0 aromatic carbocycles. The van der Waals surface area contributed by atoms with Crippen LogP contribution in [0.5, 0.6) is 0 Å². The molecule has 0 spiro atoms. The molecule has 4 rings (SSSR count). The SMILES string of the molecule is Cc1nn([C@@H]2CCS(=O)(=O)C2)c(Cl)c1/C=C/C(=O)OCC(=O)Nc1c(C#N)c(C)c(C)n1Cc1ccco1. The van der Waals surface area contributed by atoms with E-state index in [1.165, 1.54) is 17.0 Å². The Balaban J connectivity index is 1.40. The average Bonchev–Trinajstić information content (AvgIpc) is 3.62.